The number of fused-ring (bicyclic) bond motifs is 1. The molecule has 7 nitrogen and oxygen atoms in total. The monoisotopic (exact) mass is 422 g/mol. The molecule has 2 aromatic rings. The third-order valence-corrected chi connectivity index (χ3v) is 7.60. The average Bonchev–Trinajstić information content (AvgIpc) is 3.35. The van der Waals surface area contributed by atoms with Crippen LogP contribution < -0.4 is 10.5 Å². The van der Waals surface area contributed by atoms with Gasteiger partial charge < -0.3 is 14.5 Å². The fourth-order valence-electron chi connectivity index (χ4n) is 5.40. The van der Waals surface area contributed by atoms with Gasteiger partial charge in [0.2, 0.25) is 0 Å². The number of piperidine rings is 1. The van der Waals surface area contributed by atoms with E-state index >= 15 is 0 Å². The van der Waals surface area contributed by atoms with Gasteiger partial charge in [-0.3, -0.25) is 4.79 Å². The number of ether oxygens (including phenoxy) is 1. The van der Waals surface area contributed by atoms with E-state index in [4.69, 9.17) is 4.74 Å². The topological polar surface area (TPSA) is 67.7 Å². The quantitative estimate of drug-likeness (QED) is 0.705. The molecule has 164 valence electrons. The Bertz CT molecular complexity index is 1070. The second-order valence-corrected chi connectivity index (χ2v) is 9.37. The molecule has 0 radical (unpaired) electrons. The van der Waals surface area contributed by atoms with E-state index in [0.717, 1.165) is 56.1 Å². The van der Waals surface area contributed by atoms with Gasteiger partial charge in [-0.15, -0.1) is 0 Å². The largest absolute Gasteiger partial charge is 0.457 e. The number of hydrogen-bond acceptors (Lipinski definition) is 6. The summed E-state index contributed by atoms with van der Waals surface area (Å²) in [6.45, 7) is 7.88. The van der Waals surface area contributed by atoms with E-state index < -0.39 is 0 Å². The molecule has 0 amide bonds. The van der Waals surface area contributed by atoms with E-state index in [1.54, 1.807) is 13.1 Å². The highest BCUT2D eigenvalue weighted by atomic mass is 16.5. The zero-order chi connectivity index (χ0) is 21.6. The van der Waals surface area contributed by atoms with Crippen LogP contribution in [0.15, 0.2) is 29.1 Å². The molecule has 0 unspecified atom stereocenters. The lowest BCUT2D eigenvalue weighted by molar-refractivity contribution is 0.0535. The molecule has 31 heavy (non-hydrogen) atoms. The van der Waals surface area contributed by atoms with Crippen molar-refractivity contribution in [2.24, 2.45) is 12.5 Å². The fraction of sp³-hybridized carbons (Fsp3) is 0.542. The van der Waals surface area contributed by atoms with Gasteiger partial charge >= 0.3 is 5.97 Å². The Morgan fingerprint density at radius 2 is 1.84 bits per heavy atom. The Morgan fingerprint density at radius 1 is 1.06 bits per heavy atom. The summed E-state index contributed by atoms with van der Waals surface area (Å²) in [5.41, 5.74) is 4.65. The van der Waals surface area contributed by atoms with E-state index in [1.165, 1.54) is 35.1 Å². The molecule has 0 N–H and O–H groups in total. The highest BCUT2D eigenvalue weighted by Gasteiger charge is 2.41. The van der Waals surface area contributed by atoms with E-state index in [1.807, 2.05) is 12.1 Å². The average molecular weight is 423 g/mol. The molecule has 3 aliphatic heterocycles. The summed E-state index contributed by atoms with van der Waals surface area (Å²) < 4.78 is 6.61. The van der Waals surface area contributed by atoms with Gasteiger partial charge in [0.25, 0.3) is 5.56 Å². The second kappa shape index (κ2) is 7.79. The van der Waals surface area contributed by atoms with Crippen molar-refractivity contribution in [2.75, 3.05) is 37.6 Å². The van der Waals surface area contributed by atoms with Crippen LogP contribution in [0.3, 0.4) is 0 Å². The lowest BCUT2D eigenvalue weighted by Crippen LogP contribution is -2.42. The van der Waals surface area contributed by atoms with Crippen molar-refractivity contribution in [3.05, 3.63) is 56.9 Å². The van der Waals surface area contributed by atoms with Crippen LogP contribution in [0.25, 0.3) is 0 Å². The second-order valence-electron chi connectivity index (χ2n) is 9.37. The van der Waals surface area contributed by atoms with Crippen molar-refractivity contribution in [3.63, 3.8) is 0 Å². The highest BCUT2D eigenvalue weighted by molar-refractivity contribution is 5.93. The lowest BCUT2D eigenvalue weighted by Gasteiger charge is -2.39. The fourth-order valence-corrected chi connectivity index (χ4v) is 5.40. The Morgan fingerprint density at radius 3 is 2.61 bits per heavy atom. The molecular formula is C24H30N4O3. The number of carbonyl (C=O) groups excluding carboxylic acids is 1. The summed E-state index contributed by atoms with van der Waals surface area (Å²) in [6.07, 6.45) is 4.62. The number of aromatic nitrogens is 2. The van der Waals surface area contributed by atoms with E-state index in [0.29, 0.717) is 12.0 Å². The predicted octanol–water partition coefficient (Wildman–Crippen LogP) is 2.29. The third kappa shape index (κ3) is 3.76. The first kappa shape index (κ1) is 20.2. The van der Waals surface area contributed by atoms with Crippen molar-refractivity contribution in [2.45, 2.75) is 39.2 Å². The first-order chi connectivity index (χ1) is 14.9. The molecule has 1 aromatic carbocycles. The molecular weight excluding hydrogens is 392 g/mol. The number of aryl methyl sites for hydroxylation is 1. The number of benzene rings is 1. The number of esters is 1. The van der Waals surface area contributed by atoms with Crippen LogP contribution in [-0.4, -0.2) is 53.4 Å². The summed E-state index contributed by atoms with van der Waals surface area (Å²) in [6, 6.07) is 7.49. The van der Waals surface area contributed by atoms with Crippen molar-refractivity contribution < 1.29 is 9.53 Å². The summed E-state index contributed by atoms with van der Waals surface area (Å²) in [4.78, 5) is 28.3. The predicted molar refractivity (Wildman–Crippen MR) is 118 cm³/mol. The standard InChI is InChI=1S/C24H30N4O3/c1-17-18(3-4-19-20(17)15-31-23(19)30)7-11-27-12-8-24(9-13-27)10-14-28(16-24)21-5-6-22(29)26(2)25-21/h3-6H,7-16H2,1-2H3. The molecule has 0 saturated carbocycles. The number of carbonyl (C=O) groups is 1. The maximum atomic E-state index is 11.7. The van der Waals surface area contributed by atoms with E-state index in [9.17, 15) is 9.59 Å². The molecule has 7 heteroatoms. The van der Waals surface area contributed by atoms with Crippen LogP contribution >= 0.6 is 0 Å². The minimum atomic E-state index is -0.190. The van der Waals surface area contributed by atoms with Gasteiger partial charge in [-0.1, -0.05) is 6.07 Å². The van der Waals surface area contributed by atoms with Gasteiger partial charge in [0.15, 0.2) is 0 Å². The summed E-state index contributed by atoms with van der Waals surface area (Å²) in [5.74, 6) is 0.723. The molecule has 0 bridgehead atoms. The molecule has 2 saturated heterocycles. The van der Waals surface area contributed by atoms with Gasteiger partial charge in [-0.2, -0.15) is 5.10 Å². The minimum Gasteiger partial charge on any atom is -0.457 e. The number of anilines is 1. The van der Waals surface area contributed by atoms with Gasteiger partial charge in [-0.25, -0.2) is 9.48 Å². The van der Waals surface area contributed by atoms with Gasteiger partial charge in [0.05, 0.1) is 5.56 Å². The highest BCUT2D eigenvalue weighted by Crippen LogP contribution is 2.41. The molecule has 3 aliphatic rings. The van der Waals surface area contributed by atoms with Gasteiger partial charge in [-0.05, 0) is 74.4 Å². The number of nitrogens with zero attached hydrogens (tertiary/aromatic N) is 4. The smallest absolute Gasteiger partial charge is 0.338 e. The van der Waals surface area contributed by atoms with Crippen LogP contribution in [0, 0.1) is 12.3 Å². The van der Waals surface area contributed by atoms with Gasteiger partial charge in [0.1, 0.15) is 12.4 Å². The maximum Gasteiger partial charge on any atom is 0.338 e. The van der Waals surface area contributed by atoms with Gasteiger partial charge in [0, 0.05) is 38.3 Å². The Hall–Kier alpha value is -2.67. The zero-order valence-corrected chi connectivity index (χ0v) is 18.4. The Labute approximate surface area is 182 Å². The van der Waals surface area contributed by atoms with E-state index in [2.05, 4.69) is 27.9 Å². The normalized spacial score (nSPS) is 20.3. The van der Waals surface area contributed by atoms with Crippen LogP contribution in [0.2, 0.25) is 0 Å². The summed E-state index contributed by atoms with van der Waals surface area (Å²) >= 11 is 0. The Balaban J connectivity index is 1.17. The SMILES string of the molecule is Cc1c(CCN2CCC3(CC2)CCN(c2ccc(=O)n(C)n2)C3)ccc2c1COC2=O. The molecule has 1 spiro atoms. The maximum absolute atomic E-state index is 11.7. The van der Waals surface area contributed by atoms with Crippen molar-refractivity contribution in [1.29, 1.82) is 0 Å². The molecule has 2 fully saturated rings. The molecule has 0 aliphatic carbocycles. The van der Waals surface area contributed by atoms with Crippen LogP contribution in [0.5, 0.6) is 0 Å². The Kier molecular flexibility index (Phi) is 5.08. The summed E-state index contributed by atoms with van der Waals surface area (Å²) in [7, 11) is 1.71. The minimum absolute atomic E-state index is 0.0660. The lowest BCUT2D eigenvalue weighted by atomic mass is 9.77. The summed E-state index contributed by atoms with van der Waals surface area (Å²) in [5, 5.41) is 4.44. The van der Waals surface area contributed by atoms with Crippen molar-refractivity contribution in [1.82, 2.24) is 14.7 Å². The molecule has 4 heterocycles. The third-order valence-electron chi connectivity index (χ3n) is 7.60. The molecule has 1 aromatic heterocycles. The number of cyclic esters (lactones) is 1. The number of likely N-dealkylation sites (tertiary alicyclic amines) is 1. The first-order valence-electron chi connectivity index (χ1n) is 11.2. The van der Waals surface area contributed by atoms with Crippen molar-refractivity contribution >= 4 is 11.8 Å². The van der Waals surface area contributed by atoms with Crippen molar-refractivity contribution in [3.8, 4) is 0 Å². The molecule has 5 rings (SSSR count). The first-order valence-corrected chi connectivity index (χ1v) is 11.2. The zero-order valence-electron chi connectivity index (χ0n) is 18.4. The van der Waals surface area contributed by atoms with Crippen LogP contribution in [0.4, 0.5) is 5.82 Å². The van der Waals surface area contributed by atoms with Crippen LogP contribution in [0.1, 0.15) is 46.3 Å². The number of hydrogen-bond donors (Lipinski definition) is 0. The molecule has 0 atom stereocenters. The number of rotatable bonds is 4. The van der Waals surface area contributed by atoms with Crippen LogP contribution in [-0.2, 0) is 24.8 Å². The van der Waals surface area contributed by atoms with E-state index in [-0.39, 0.29) is 11.5 Å².